The van der Waals surface area contributed by atoms with E-state index in [4.69, 9.17) is 12.2 Å². The van der Waals surface area contributed by atoms with Gasteiger partial charge in [-0.15, -0.1) is 0 Å². The third-order valence-corrected chi connectivity index (χ3v) is 2.63. The van der Waals surface area contributed by atoms with Crippen LogP contribution in [0.15, 0.2) is 42.5 Å². The van der Waals surface area contributed by atoms with E-state index in [1.807, 2.05) is 0 Å². The van der Waals surface area contributed by atoms with Crippen LogP contribution in [0, 0.1) is 5.82 Å². The first kappa shape index (κ1) is 12.3. The second-order valence-corrected chi connectivity index (χ2v) is 4.07. The number of hydrogen-bond acceptors (Lipinski definition) is 3. The van der Waals surface area contributed by atoms with Crippen LogP contribution in [-0.2, 0) is 0 Å². The highest BCUT2D eigenvalue weighted by molar-refractivity contribution is 7.81. The molecule has 92 valence electrons. The van der Waals surface area contributed by atoms with Crippen molar-refractivity contribution in [3.8, 4) is 11.5 Å². The number of anilines is 1. The Hall–Kier alpha value is -2.14. The van der Waals surface area contributed by atoms with Crippen LogP contribution in [-0.4, -0.2) is 15.2 Å². The van der Waals surface area contributed by atoms with Crippen molar-refractivity contribution >= 4 is 22.9 Å². The molecule has 0 radical (unpaired) electrons. The quantitative estimate of drug-likeness (QED) is 0.729. The molecule has 0 bridgehead atoms. The van der Waals surface area contributed by atoms with Gasteiger partial charge in [0.25, 0.3) is 0 Å². The molecule has 0 fully saturated rings. The van der Waals surface area contributed by atoms with Gasteiger partial charge in [-0.3, -0.25) is 0 Å². The Morgan fingerprint density at radius 2 is 1.89 bits per heavy atom. The fourth-order valence-electron chi connectivity index (χ4n) is 1.48. The van der Waals surface area contributed by atoms with Gasteiger partial charge in [-0.25, -0.2) is 4.39 Å². The first-order chi connectivity index (χ1) is 8.56. The Bertz CT molecular complexity index is 601. The second kappa shape index (κ2) is 5.01. The summed E-state index contributed by atoms with van der Waals surface area (Å²) >= 11 is 5.10. The predicted molar refractivity (Wildman–Crippen MR) is 71.5 cm³/mol. The summed E-state index contributed by atoms with van der Waals surface area (Å²) in [5, 5.41) is 21.6. The van der Waals surface area contributed by atoms with Crippen molar-refractivity contribution in [2.24, 2.45) is 0 Å². The predicted octanol–water partition coefficient (Wildman–Crippen LogP) is 3.02. The molecule has 0 atom stereocenters. The Morgan fingerprint density at radius 1 is 1.11 bits per heavy atom. The molecule has 3 nitrogen and oxygen atoms in total. The van der Waals surface area contributed by atoms with Gasteiger partial charge in [0, 0.05) is 11.8 Å². The Kier molecular flexibility index (Phi) is 3.43. The molecule has 0 saturated heterocycles. The van der Waals surface area contributed by atoms with E-state index in [1.54, 1.807) is 12.1 Å². The number of aromatic hydroxyl groups is 2. The normalized spacial score (nSPS) is 10.1. The smallest absolute Gasteiger partial charge is 0.129 e. The molecule has 0 aliphatic heterocycles. The molecule has 0 spiro atoms. The molecule has 0 unspecified atom stereocenters. The molecular weight excluding hydrogens is 253 g/mol. The van der Waals surface area contributed by atoms with Crippen LogP contribution in [0.1, 0.15) is 5.56 Å². The van der Waals surface area contributed by atoms with Crippen LogP contribution in [0.2, 0.25) is 0 Å². The van der Waals surface area contributed by atoms with E-state index in [-0.39, 0.29) is 22.3 Å². The van der Waals surface area contributed by atoms with Gasteiger partial charge in [0.05, 0.1) is 5.56 Å². The summed E-state index contributed by atoms with van der Waals surface area (Å²) in [6.07, 6.45) is 0. The van der Waals surface area contributed by atoms with Gasteiger partial charge in [-0.05, 0) is 30.3 Å². The van der Waals surface area contributed by atoms with Crippen LogP contribution in [0.25, 0.3) is 0 Å². The van der Waals surface area contributed by atoms with Crippen molar-refractivity contribution in [1.82, 2.24) is 0 Å². The maximum absolute atomic E-state index is 13.0. The molecule has 2 aromatic rings. The van der Waals surface area contributed by atoms with Gasteiger partial charge < -0.3 is 15.5 Å². The van der Waals surface area contributed by atoms with Crippen LogP contribution in [0.4, 0.5) is 10.1 Å². The highest BCUT2D eigenvalue weighted by atomic mass is 32.1. The standard InChI is InChI=1S/C13H10FNO2S/c14-8-2-1-3-9(6-8)15-13(18)11-5-4-10(16)7-12(11)17/h1-7,16-17H,(H,15,18). The van der Waals surface area contributed by atoms with Crippen molar-refractivity contribution in [2.75, 3.05) is 5.32 Å². The monoisotopic (exact) mass is 263 g/mol. The zero-order chi connectivity index (χ0) is 13.1. The topological polar surface area (TPSA) is 52.5 Å². The van der Waals surface area contributed by atoms with Crippen molar-refractivity contribution in [3.63, 3.8) is 0 Å². The molecule has 0 aliphatic rings. The minimum atomic E-state index is -0.377. The second-order valence-electron chi connectivity index (χ2n) is 3.67. The maximum Gasteiger partial charge on any atom is 0.129 e. The van der Waals surface area contributed by atoms with E-state index in [9.17, 15) is 14.6 Å². The van der Waals surface area contributed by atoms with Gasteiger partial charge >= 0.3 is 0 Å². The number of phenols is 2. The summed E-state index contributed by atoms with van der Waals surface area (Å²) in [7, 11) is 0. The van der Waals surface area contributed by atoms with Crippen molar-refractivity contribution < 1.29 is 14.6 Å². The van der Waals surface area contributed by atoms with E-state index in [2.05, 4.69) is 5.32 Å². The zero-order valence-electron chi connectivity index (χ0n) is 9.22. The van der Waals surface area contributed by atoms with Crippen molar-refractivity contribution in [2.45, 2.75) is 0 Å². The fourth-order valence-corrected chi connectivity index (χ4v) is 1.77. The molecule has 0 aromatic heterocycles. The summed E-state index contributed by atoms with van der Waals surface area (Å²) in [5.41, 5.74) is 0.861. The molecule has 2 aromatic carbocycles. The lowest BCUT2D eigenvalue weighted by Crippen LogP contribution is -2.10. The fraction of sp³-hybridized carbons (Fsp3) is 0. The maximum atomic E-state index is 13.0. The third kappa shape index (κ3) is 2.75. The van der Waals surface area contributed by atoms with Gasteiger partial charge in [-0.1, -0.05) is 18.3 Å². The molecule has 0 amide bonds. The molecule has 0 saturated carbocycles. The summed E-state index contributed by atoms with van der Waals surface area (Å²) in [6, 6.07) is 9.92. The zero-order valence-corrected chi connectivity index (χ0v) is 10.0. The Labute approximate surface area is 109 Å². The summed E-state index contributed by atoms with van der Waals surface area (Å²) in [4.78, 5) is 0.248. The minimum Gasteiger partial charge on any atom is -0.508 e. The Morgan fingerprint density at radius 3 is 2.56 bits per heavy atom. The number of nitrogens with one attached hydrogen (secondary N) is 1. The van der Waals surface area contributed by atoms with Gasteiger partial charge in [-0.2, -0.15) is 0 Å². The number of halogens is 1. The molecule has 18 heavy (non-hydrogen) atoms. The van der Waals surface area contributed by atoms with E-state index in [1.165, 1.54) is 30.3 Å². The largest absolute Gasteiger partial charge is 0.508 e. The first-order valence-electron chi connectivity index (χ1n) is 5.15. The molecule has 2 rings (SSSR count). The lowest BCUT2D eigenvalue weighted by molar-refractivity contribution is 0.450. The lowest BCUT2D eigenvalue weighted by atomic mass is 10.2. The average Bonchev–Trinajstić information content (AvgIpc) is 2.28. The van der Waals surface area contributed by atoms with E-state index in [0.29, 0.717) is 11.3 Å². The third-order valence-electron chi connectivity index (χ3n) is 2.31. The molecule has 0 aliphatic carbocycles. The highest BCUT2D eigenvalue weighted by Gasteiger charge is 2.08. The highest BCUT2D eigenvalue weighted by Crippen LogP contribution is 2.24. The number of benzene rings is 2. The van der Waals surface area contributed by atoms with Crippen molar-refractivity contribution in [3.05, 3.63) is 53.8 Å². The first-order valence-corrected chi connectivity index (χ1v) is 5.56. The van der Waals surface area contributed by atoms with Crippen LogP contribution >= 0.6 is 12.2 Å². The SMILES string of the molecule is Oc1ccc(C(=S)Nc2cccc(F)c2)c(O)c1. The summed E-state index contributed by atoms with van der Waals surface area (Å²) < 4.78 is 13.0. The Balaban J connectivity index is 2.22. The molecular formula is C13H10FNO2S. The number of rotatable bonds is 2. The minimum absolute atomic E-state index is 0.0511. The average molecular weight is 263 g/mol. The van der Waals surface area contributed by atoms with E-state index in [0.717, 1.165) is 0 Å². The lowest BCUT2D eigenvalue weighted by Gasteiger charge is -2.09. The van der Waals surface area contributed by atoms with Crippen LogP contribution in [0.5, 0.6) is 11.5 Å². The van der Waals surface area contributed by atoms with E-state index >= 15 is 0 Å². The van der Waals surface area contributed by atoms with E-state index < -0.39 is 0 Å². The van der Waals surface area contributed by atoms with Gasteiger partial charge in [0.2, 0.25) is 0 Å². The number of thiocarbonyl (C=S) groups is 1. The number of hydrogen-bond donors (Lipinski definition) is 3. The summed E-state index contributed by atoms with van der Waals surface area (Å²) in [5.74, 6) is -0.563. The van der Waals surface area contributed by atoms with Crippen LogP contribution in [0.3, 0.4) is 0 Å². The number of phenolic OH excluding ortho intramolecular Hbond substituents is 2. The van der Waals surface area contributed by atoms with Gasteiger partial charge in [0.15, 0.2) is 0 Å². The summed E-state index contributed by atoms with van der Waals surface area (Å²) in [6.45, 7) is 0. The molecule has 5 heteroatoms. The molecule has 3 N–H and O–H groups in total. The molecule has 0 heterocycles. The van der Waals surface area contributed by atoms with Gasteiger partial charge in [0.1, 0.15) is 22.3 Å². The van der Waals surface area contributed by atoms with Crippen molar-refractivity contribution in [1.29, 1.82) is 0 Å². The van der Waals surface area contributed by atoms with Crippen LogP contribution < -0.4 is 5.32 Å².